The zero-order valence-electron chi connectivity index (χ0n) is 9.25. The average molecular weight is 209 g/mol. The third kappa shape index (κ3) is 2.13. The number of carbonyl (C=O) groups is 1. The van der Waals surface area contributed by atoms with Gasteiger partial charge in [-0.15, -0.1) is 0 Å². The maximum atomic E-state index is 11.7. The number of nitrogens with one attached hydrogen (secondary N) is 2. The molecule has 1 heterocycles. The Morgan fingerprint density at radius 2 is 2.07 bits per heavy atom. The molecule has 2 aliphatic rings. The molecule has 0 aromatic carbocycles. The molecule has 0 aromatic rings. The maximum absolute atomic E-state index is 11.7. The van der Waals surface area contributed by atoms with Crippen LogP contribution < -0.4 is 5.32 Å². The number of likely N-dealkylation sites (N-methyl/N-ethyl adjacent to an activating group) is 1. The average Bonchev–Trinajstić information content (AvgIpc) is 2.48. The molecule has 15 heavy (non-hydrogen) atoms. The molecule has 2 fully saturated rings. The van der Waals surface area contributed by atoms with Gasteiger partial charge in [-0.2, -0.15) is 0 Å². The SMILES string of the molecule is CN1C(=N)N[C@H](CC2CCCCC2)C1=O. The van der Waals surface area contributed by atoms with Crippen molar-refractivity contribution in [2.45, 2.75) is 44.6 Å². The number of hydrogen-bond donors (Lipinski definition) is 2. The molecule has 0 spiro atoms. The molecule has 2 rings (SSSR count). The summed E-state index contributed by atoms with van der Waals surface area (Å²) in [6.45, 7) is 0. The fraction of sp³-hybridized carbons (Fsp3) is 0.818. The molecule has 1 amide bonds. The Kier molecular flexibility index (Phi) is 2.93. The molecular formula is C11H19N3O. The van der Waals surface area contributed by atoms with Gasteiger partial charge in [0.1, 0.15) is 6.04 Å². The lowest BCUT2D eigenvalue weighted by molar-refractivity contribution is -0.126. The van der Waals surface area contributed by atoms with Crippen LogP contribution in [0.1, 0.15) is 38.5 Å². The smallest absolute Gasteiger partial charge is 0.251 e. The standard InChI is InChI=1S/C11H19N3O/c1-14-10(15)9(13-11(14)12)7-8-5-3-2-4-6-8/h8-9H,2-7H2,1H3,(H2,12,13)/t9-/m1/s1. The Balaban J connectivity index is 1.89. The van der Waals surface area contributed by atoms with Gasteiger partial charge < -0.3 is 5.32 Å². The van der Waals surface area contributed by atoms with E-state index in [0.29, 0.717) is 5.92 Å². The molecule has 0 bridgehead atoms. The normalized spacial score (nSPS) is 28.3. The summed E-state index contributed by atoms with van der Waals surface area (Å²) in [5, 5.41) is 10.5. The summed E-state index contributed by atoms with van der Waals surface area (Å²) in [5.41, 5.74) is 0. The van der Waals surface area contributed by atoms with E-state index < -0.39 is 0 Å². The van der Waals surface area contributed by atoms with E-state index >= 15 is 0 Å². The summed E-state index contributed by atoms with van der Waals surface area (Å²) in [4.78, 5) is 13.1. The predicted octanol–water partition coefficient (Wildman–Crippen LogP) is 1.32. The van der Waals surface area contributed by atoms with Gasteiger partial charge in [-0.25, -0.2) is 0 Å². The molecule has 1 saturated carbocycles. The highest BCUT2D eigenvalue weighted by Crippen LogP contribution is 2.28. The third-order valence-corrected chi connectivity index (χ3v) is 3.57. The van der Waals surface area contributed by atoms with Crippen molar-refractivity contribution in [2.75, 3.05) is 7.05 Å². The molecule has 1 atom stereocenters. The molecule has 4 nitrogen and oxygen atoms in total. The van der Waals surface area contributed by atoms with Gasteiger partial charge in [0.15, 0.2) is 5.96 Å². The minimum absolute atomic E-state index is 0.0607. The number of guanidine groups is 1. The van der Waals surface area contributed by atoms with Gasteiger partial charge in [-0.05, 0) is 12.3 Å². The van der Waals surface area contributed by atoms with Crippen molar-refractivity contribution < 1.29 is 4.79 Å². The number of nitrogens with zero attached hydrogens (tertiary/aromatic N) is 1. The van der Waals surface area contributed by atoms with Gasteiger partial charge >= 0.3 is 0 Å². The number of amides is 1. The molecule has 84 valence electrons. The van der Waals surface area contributed by atoms with E-state index in [1.54, 1.807) is 7.05 Å². The van der Waals surface area contributed by atoms with Crippen molar-refractivity contribution in [3.05, 3.63) is 0 Å². The Morgan fingerprint density at radius 3 is 2.60 bits per heavy atom. The van der Waals surface area contributed by atoms with E-state index in [1.807, 2.05) is 0 Å². The van der Waals surface area contributed by atoms with Crippen molar-refractivity contribution in [1.82, 2.24) is 10.2 Å². The van der Waals surface area contributed by atoms with Gasteiger partial charge in [-0.1, -0.05) is 32.1 Å². The van der Waals surface area contributed by atoms with E-state index in [4.69, 9.17) is 5.41 Å². The maximum Gasteiger partial charge on any atom is 0.251 e. The van der Waals surface area contributed by atoms with Crippen molar-refractivity contribution in [3.63, 3.8) is 0 Å². The highest BCUT2D eigenvalue weighted by Gasteiger charge is 2.34. The van der Waals surface area contributed by atoms with Crippen LogP contribution in [0.25, 0.3) is 0 Å². The van der Waals surface area contributed by atoms with Gasteiger partial charge in [0.25, 0.3) is 5.91 Å². The fourth-order valence-corrected chi connectivity index (χ4v) is 2.58. The molecule has 2 N–H and O–H groups in total. The molecule has 1 saturated heterocycles. The molecule has 0 aromatic heterocycles. The summed E-state index contributed by atoms with van der Waals surface area (Å²) in [6.07, 6.45) is 7.37. The zero-order valence-corrected chi connectivity index (χ0v) is 9.25. The molecule has 0 radical (unpaired) electrons. The first kappa shape index (κ1) is 10.5. The number of hydrogen-bond acceptors (Lipinski definition) is 2. The lowest BCUT2D eigenvalue weighted by atomic mass is 9.85. The Hall–Kier alpha value is -1.06. The number of carbonyl (C=O) groups excluding carboxylic acids is 1. The van der Waals surface area contributed by atoms with Crippen LogP contribution in [-0.2, 0) is 4.79 Å². The lowest BCUT2D eigenvalue weighted by Crippen LogP contribution is -2.32. The van der Waals surface area contributed by atoms with Gasteiger partial charge in [0.2, 0.25) is 0 Å². The predicted molar refractivity (Wildman–Crippen MR) is 58.6 cm³/mol. The second-order valence-corrected chi connectivity index (χ2v) is 4.68. The summed E-state index contributed by atoms with van der Waals surface area (Å²) in [7, 11) is 1.67. The topological polar surface area (TPSA) is 56.2 Å². The Bertz CT molecular complexity index is 271. The molecule has 4 heteroatoms. The van der Waals surface area contributed by atoms with Gasteiger partial charge in [0, 0.05) is 7.05 Å². The van der Waals surface area contributed by atoms with Crippen molar-refractivity contribution in [3.8, 4) is 0 Å². The van der Waals surface area contributed by atoms with Crippen LogP contribution in [0.3, 0.4) is 0 Å². The van der Waals surface area contributed by atoms with E-state index in [1.165, 1.54) is 37.0 Å². The minimum atomic E-state index is -0.134. The third-order valence-electron chi connectivity index (χ3n) is 3.57. The Morgan fingerprint density at radius 1 is 1.40 bits per heavy atom. The van der Waals surface area contributed by atoms with E-state index in [9.17, 15) is 4.79 Å². The summed E-state index contributed by atoms with van der Waals surface area (Å²) in [6, 6.07) is -0.134. The van der Waals surface area contributed by atoms with Crippen LogP contribution in [0, 0.1) is 11.3 Å². The summed E-state index contributed by atoms with van der Waals surface area (Å²) < 4.78 is 0. The molecule has 0 unspecified atom stereocenters. The van der Waals surface area contributed by atoms with Crippen LogP contribution in [-0.4, -0.2) is 29.9 Å². The largest absolute Gasteiger partial charge is 0.344 e. The van der Waals surface area contributed by atoms with Crippen LogP contribution in [0.4, 0.5) is 0 Å². The zero-order chi connectivity index (χ0) is 10.8. The number of rotatable bonds is 2. The minimum Gasteiger partial charge on any atom is -0.344 e. The lowest BCUT2D eigenvalue weighted by Gasteiger charge is -2.23. The quantitative estimate of drug-likeness (QED) is 0.720. The van der Waals surface area contributed by atoms with Crippen LogP contribution >= 0.6 is 0 Å². The monoisotopic (exact) mass is 209 g/mol. The van der Waals surface area contributed by atoms with E-state index in [2.05, 4.69) is 5.32 Å². The van der Waals surface area contributed by atoms with Crippen LogP contribution in [0.2, 0.25) is 0 Å². The first-order valence-corrected chi connectivity index (χ1v) is 5.81. The van der Waals surface area contributed by atoms with Crippen molar-refractivity contribution in [1.29, 1.82) is 5.41 Å². The second-order valence-electron chi connectivity index (χ2n) is 4.68. The highest BCUT2D eigenvalue weighted by atomic mass is 16.2. The molecule has 1 aliphatic heterocycles. The van der Waals surface area contributed by atoms with E-state index in [0.717, 1.165) is 6.42 Å². The van der Waals surface area contributed by atoms with Crippen LogP contribution in [0.5, 0.6) is 0 Å². The Labute approximate surface area is 90.5 Å². The van der Waals surface area contributed by atoms with Gasteiger partial charge in [-0.3, -0.25) is 15.1 Å². The van der Waals surface area contributed by atoms with Gasteiger partial charge in [0.05, 0.1) is 0 Å². The van der Waals surface area contributed by atoms with Crippen molar-refractivity contribution in [2.24, 2.45) is 5.92 Å². The second kappa shape index (κ2) is 4.21. The first-order chi connectivity index (χ1) is 7.18. The van der Waals surface area contributed by atoms with Crippen molar-refractivity contribution >= 4 is 11.9 Å². The molecule has 1 aliphatic carbocycles. The van der Waals surface area contributed by atoms with E-state index in [-0.39, 0.29) is 17.9 Å². The van der Waals surface area contributed by atoms with Crippen LogP contribution in [0.15, 0.2) is 0 Å². The summed E-state index contributed by atoms with van der Waals surface area (Å²) in [5.74, 6) is 0.992. The fourth-order valence-electron chi connectivity index (χ4n) is 2.58. The molecular weight excluding hydrogens is 190 g/mol. The highest BCUT2D eigenvalue weighted by molar-refractivity contribution is 6.04. The first-order valence-electron chi connectivity index (χ1n) is 5.81. The summed E-state index contributed by atoms with van der Waals surface area (Å²) >= 11 is 0.